The molecule has 1 atom stereocenters. The molecule has 22 heavy (non-hydrogen) atoms. The highest BCUT2D eigenvalue weighted by Crippen LogP contribution is 2.27. The van der Waals surface area contributed by atoms with E-state index in [0.29, 0.717) is 5.92 Å². The molecular formula is C17H20N4O. The van der Waals surface area contributed by atoms with E-state index < -0.39 is 0 Å². The van der Waals surface area contributed by atoms with Crippen LogP contribution in [0.25, 0.3) is 11.1 Å². The second kappa shape index (κ2) is 5.48. The SMILES string of the molecule is Cc1nccn1C[C@@H]1CCCN(c2nc3ccccc3o2)C1. The molecule has 0 spiro atoms. The number of aryl methyl sites for hydroxylation is 1. The van der Waals surface area contributed by atoms with Crippen LogP contribution < -0.4 is 4.90 Å². The maximum absolute atomic E-state index is 5.91. The van der Waals surface area contributed by atoms with Crippen molar-refractivity contribution in [2.24, 2.45) is 5.92 Å². The van der Waals surface area contributed by atoms with Crippen molar-refractivity contribution in [3.63, 3.8) is 0 Å². The average molecular weight is 296 g/mol. The van der Waals surface area contributed by atoms with Crippen molar-refractivity contribution < 1.29 is 4.42 Å². The highest BCUT2D eigenvalue weighted by molar-refractivity contribution is 5.74. The summed E-state index contributed by atoms with van der Waals surface area (Å²) in [5, 5.41) is 0. The van der Waals surface area contributed by atoms with Crippen molar-refractivity contribution in [2.45, 2.75) is 26.3 Å². The molecule has 0 saturated carbocycles. The van der Waals surface area contributed by atoms with Crippen LogP contribution in [-0.2, 0) is 6.54 Å². The fourth-order valence-corrected chi connectivity index (χ4v) is 3.26. The smallest absolute Gasteiger partial charge is 0.298 e. The average Bonchev–Trinajstić information content (AvgIpc) is 3.14. The van der Waals surface area contributed by atoms with Gasteiger partial charge in [0.2, 0.25) is 0 Å². The zero-order valence-electron chi connectivity index (χ0n) is 12.8. The molecule has 3 aromatic rings. The van der Waals surface area contributed by atoms with E-state index in [2.05, 4.69) is 32.6 Å². The van der Waals surface area contributed by atoms with Gasteiger partial charge in [-0.2, -0.15) is 4.98 Å². The van der Waals surface area contributed by atoms with Crippen molar-refractivity contribution in [2.75, 3.05) is 18.0 Å². The molecule has 1 saturated heterocycles. The third kappa shape index (κ3) is 2.47. The van der Waals surface area contributed by atoms with Crippen LogP contribution in [0.1, 0.15) is 18.7 Å². The molecule has 5 nitrogen and oxygen atoms in total. The molecule has 1 aliphatic rings. The molecule has 3 heterocycles. The van der Waals surface area contributed by atoms with E-state index in [-0.39, 0.29) is 0 Å². The minimum absolute atomic E-state index is 0.608. The van der Waals surface area contributed by atoms with Gasteiger partial charge in [0.05, 0.1) is 0 Å². The molecule has 1 aliphatic heterocycles. The second-order valence-electron chi connectivity index (χ2n) is 6.05. The van der Waals surface area contributed by atoms with E-state index in [1.165, 1.54) is 12.8 Å². The minimum Gasteiger partial charge on any atom is -0.423 e. The molecular weight excluding hydrogens is 276 g/mol. The van der Waals surface area contributed by atoms with Gasteiger partial charge in [-0.25, -0.2) is 4.98 Å². The van der Waals surface area contributed by atoms with E-state index in [0.717, 1.165) is 42.6 Å². The first kappa shape index (κ1) is 13.4. The number of hydrogen-bond acceptors (Lipinski definition) is 4. The molecule has 4 rings (SSSR count). The predicted octanol–water partition coefficient (Wildman–Crippen LogP) is 3.25. The molecule has 1 aromatic carbocycles. The number of anilines is 1. The topological polar surface area (TPSA) is 47.1 Å². The third-order valence-electron chi connectivity index (χ3n) is 4.45. The van der Waals surface area contributed by atoms with Crippen molar-refractivity contribution in [3.8, 4) is 0 Å². The van der Waals surface area contributed by atoms with Crippen LogP contribution >= 0.6 is 0 Å². The Balaban J connectivity index is 1.51. The molecule has 114 valence electrons. The van der Waals surface area contributed by atoms with E-state index in [9.17, 15) is 0 Å². The summed E-state index contributed by atoms with van der Waals surface area (Å²) in [5.74, 6) is 1.69. The first-order valence-electron chi connectivity index (χ1n) is 7.88. The van der Waals surface area contributed by atoms with Crippen LogP contribution in [0.2, 0.25) is 0 Å². The Morgan fingerprint density at radius 1 is 1.32 bits per heavy atom. The fraction of sp³-hybridized carbons (Fsp3) is 0.412. The van der Waals surface area contributed by atoms with Crippen LogP contribution in [0, 0.1) is 12.8 Å². The van der Waals surface area contributed by atoms with Crippen molar-refractivity contribution >= 4 is 17.1 Å². The summed E-state index contributed by atoms with van der Waals surface area (Å²) in [5.41, 5.74) is 1.80. The Morgan fingerprint density at radius 3 is 3.05 bits per heavy atom. The highest BCUT2D eigenvalue weighted by atomic mass is 16.4. The van der Waals surface area contributed by atoms with Crippen LogP contribution in [0.4, 0.5) is 6.01 Å². The first-order chi connectivity index (χ1) is 10.8. The standard InChI is InChI=1S/C17H20N4O/c1-13-18-8-10-20(13)11-14-5-4-9-21(12-14)17-19-15-6-2-3-7-16(15)22-17/h2-3,6-8,10,14H,4-5,9,11-12H2,1H3/t14-/m0/s1. The zero-order chi connectivity index (χ0) is 14.9. The monoisotopic (exact) mass is 296 g/mol. The Bertz CT molecular complexity index is 743. The molecule has 1 fully saturated rings. The Morgan fingerprint density at radius 2 is 2.23 bits per heavy atom. The Kier molecular flexibility index (Phi) is 3.33. The maximum atomic E-state index is 5.91. The summed E-state index contributed by atoms with van der Waals surface area (Å²) in [6.45, 7) is 5.08. The lowest BCUT2D eigenvalue weighted by molar-refractivity contribution is 0.352. The highest BCUT2D eigenvalue weighted by Gasteiger charge is 2.24. The number of hydrogen-bond donors (Lipinski definition) is 0. The largest absolute Gasteiger partial charge is 0.423 e. The van der Waals surface area contributed by atoms with Gasteiger partial charge in [0.1, 0.15) is 11.3 Å². The summed E-state index contributed by atoms with van der Waals surface area (Å²) < 4.78 is 8.15. The summed E-state index contributed by atoms with van der Waals surface area (Å²) in [6, 6.07) is 8.71. The van der Waals surface area contributed by atoms with Gasteiger partial charge in [0.25, 0.3) is 6.01 Å². The first-order valence-corrected chi connectivity index (χ1v) is 7.88. The number of fused-ring (bicyclic) bond motifs is 1. The minimum atomic E-state index is 0.608. The lowest BCUT2D eigenvalue weighted by atomic mass is 9.98. The van der Waals surface area contributed by atoms with Gasteiger partial charge in [-0.1, -0.05) is 12.1 Å². The van der Waals surface area contributed by atoms with E-state index in [1.807, 2.05) is 30.5 Å². The van der Waals surface area contributed by atoms with Crippen molar-refractivity contribution in [1.82, 2.24) is 14.5 Å². The van der Waals surface area contributed by atoms with E-state index in [1.54, 1.807) is 0 Å². The number of nitrogens with zero attached hydrogens (tertiary/aromatic N) is 4. The molecule has 0 N–H and O–H groups in total. The van der Waals surface area contributed by atoms with Gasteiger partial charge in [-0.3, -0.25) is 0 Å². The van der Waals surface area contributed by atoms with Gasteiger partial charge >= 0.3 is 0 Å². The number of para-hydroxylation sites is 2. The lowest BCUT2D eigenvalue weighted by Gasteiger charge is -2.31. The molecule has 0 aliphatic carbocycles. The predicted molar refractivity (Wildman–Crippen MR) is 85.9 cm³/mol. The second-order valence-corrected chi connectivity index (χ2v) is 6.05. The third-order valence-corrected chi connectivity index (χ3v) is 4.45. The number of piperidine rings is 1. The van der Waals surface area contributed by atoms with Gasteiger partial charge in [-0.05, 0) is 37.8 Å². The number of aromatic nitrogens is 3. The molecule has 0 radical (unpaired) electrons. The summed E-state index contributed by atoms with van der Waals surface area (Å²) in [4.78, 5) is 11.2. The Labute approximate surface area is 129 Å². The normalized spacial score (nSPS) is 19.0. The van der Waals surface area contributed by atoms with Crippen LogP contribution in [0.5, 0.6) is 0 Å². The lowest BCUT2D eigenvalue weighted by Crippen LogP contribution is -2.37. The van der Waals surface area contributed by atoms with Gasteiger partial charge in [-0.15, -0.1) is 0 Å². The van der Waals surface area contributed by atoms with Crippen molar-refractivity contribution in [1.29, 1.82) is 0 Å². The Hall–Kier alpha value is -2.30. The molecule has 5 heteroatoms. The van der Waals surface area contributed by atoms with Crippen LogP contribution in [0.3, 0.4) is 0 Å². The van der Waals surface area contributed by atoms with Gasteiger partial charge in [0, 0.05) is 32.0 Å². The van der Waals surface area contributed by atoms with Crippen LogP contribution in [-0.4, -0.2) is 27.6 Å². The number of imidazole rings is 1. The van der Waals surface area contributed by atoms with Gasteiger partial charge < -0.3 is 13.9 Å². The molecule has 0 amide bonds. The van der Waals surface area contributed by atoms with Gasteiger partial charge in [0.15, 0.2) is 5.58 Å². The van der Waals surface area contributed by atoms with Crippen LogP contribution in [0.15, 0.2) is 41.1 Å². The molecule has 0 unspecified atom stereocenters. The fourth-order valence-electron chi connectivity index (χ4n) is 3.26. The van der Waals surface area contributed by atoms with E-state index >= 15 is 0 Å². The molecule has 2 aromatic heterocycles. The zero-order valence-corrected chi connectivity index (χ0v) is 12.8. The summed E-state index contributed by atoms with van der Waals surface area (Å²) in [7, 11) is 0. The number of rotatable bonds is 3. The summed E-state index contributed by atoms with van der Waals surface area (Å²) in [6.07, 6.45) is 6.36. The van der Waals surface area contributed by atoms with E-state index in [4.69, 9.17) is 4.42 Å². The summed E-state index contributed by atoms with van der Waals surface area (Å²) >= 11 is 0. The number of benzene rings is 1. The van der Waals surface area contributed by atoms with Crippen molar-refractivity contribution in [3.05, 3.63) is 42.5 Å². The number of oxazole rings is 1. The maximum Gasteiger partial charge on any atom is 0.298 e. The quantitative estimate of drug-likeness (QED) is 0.744. The molecule has 0 bridgehead atoms.